The summed E-state index contributed by atoms with van der Waals surface area (Å²) in [6.07, 6.45) is 0. The highest BCUT2D eigenvalue weighted by Gasteiger charge is 2.06. The molecule has 0 spiro atoms. The van der Waals surface area contributed by atoms with Crippen molar-refractivity contribution in [2.24, 2.45) is 0 Å². The lowest BCUT2D eigenvalue weighted by Crippen LogP contribution is -2.02. The van der Waals surface area contributed by atoms with Gasteiger partial charge in [-0.25, -0.2) is 0 Å². The first kappa shape index (κ1) is 13.0. The van der Waals surface area contributed by atoms with Crippen LogP contribution in [0.2, 0.25) is 0 Å². The van der Waals surface area contributed by atoms with E-state index in [-0.39, 0.29) is 0 Å². The van der Waals surface area contributed by atoms with Crippen molar-refractivity contribution in [1.82, 2.24) is 0 Å². The Kier molecular flexibility index (Phi) is 3.72. The van der Waals surface area contributed by atoms with Gasteiger partial charge in [-0.3, -0.25) is 0 Å². The monoisotopic (exact) mass is 252 g/mol. The summed E-state index contributed by atoms with van der Waals surface area (Å²) in [5.41, 5.74) is 10.3. The zero-order valence-corrected chi connectivity index (χ0v) is 11.1. The first-order valence-corrected chi connectivity index (χ1v) is 6.09. The Morgan fingerprint density at radius 2 is 1.95 bits per heavy atom. The van der Waals surface area contributed by atoms with E-state index in [0.717, 1.165) is 22.4 Å². The highest BCUT2D eigenvalue weighted by Crippen LogP contribution is 2.26. The quantitative estimate of drug-likeness (QED) is 0.852. The molecule has 0 saturated carbocycles. The molecule has 0 heterocycles. The van der Waals surface area contributed by atoms with Crippen LogP contribution in [0.1, 0.15) is 22.3 Å². The van der Waals surface area contributed by atoms with Gasteiger partial charge in [0.25, 0.3) is 0 Å². The molecule has 2 rings (SSSR count). The van der Waals surface area contributed by atoms with Crippen LogP contribution in [-0.2, 0) is 6.61 Å². The number of nitriles is 1. The zero-order valence-electron chi connectivity index (χ0n) is 11.1. The molecule has 0 atom stereocenters. The largest absolute Gasteiger partial charge is 0.486 e. The van der Waals surface area contributed by atoms with E-state index in [2.05, 4.69) is 6.07 Å². The van der Waals surface area contributed by atoms with Crippen molar-refractivity contribution >= 4 is 5.69 Å². The molecule has 3 nitrogen and oxygen atoms in total. The number of hydrogen-bond donors (Lipinski definition) is 1. The number of rotatable bonds is 3. The van der Waals surface area contributed by atoms with Crippen LogP contribution in [0.25, 0.3) is 0 Å². The first-order chi connectivity index (χ1) is 9.11. The van der Waals surface area contributed by atoms with Gasteiger partial charge in [0.15, 0.2) is 0 Å². The van der Waals surface area contributed by atoms with Crippen LogP contribution < -0.4 is 10.5 Å². The van der Waals surface area contributed by atoms with Crippen LogP contribution in [0.5, 0.6) is 5.75 Å². The molecule has 0 unspecified atom stereocenters. The molecule has 0 aliphatic heterocycles. The lowest BCUT2D eigenvalue weighted by atomic mass is 10.1. The van der Waals surface area contributed by atoms with Crippen LogP contribution in [0.4, 0.5) is 5.69 Å². The van der Waals surface area contributed by atoms with Gasteiger partial charge in [0.1, 0.15) is 12.4 Å². The predicted molar refractivity (Wildman–Crippen MR) is 75.8 cm³/mol. The third-order valence-electron chi connectivity index (χ3n) is 3.09. The lowest BCUT2D eigenvalue weighted by Gasteiger charge is -2.13. The van der Waals surface area contributed by atoms with E-state index in [0.29, 0.717) is 17.9 Å². The second kappa shape index (κ2) is 5.45. The van der Waals surface area contributed by atoms with Gasteiger partial charge in [0.2, 0.25) is 0 Å². The fourth-order valence-corrected chi connectivity index (χ4v) is 1.95. The lowest BCUT2D eigenvalue weighted by molar-refractivity contribution is 0.305. The summed E-state index contributed by atoms with van der Waals surface area (Å²) in [5.74, 6) is 0.728. The summed E-state index contributed by atoms with van der Waals surface area (Å²) in [7, 11) is 0. The summed E-state index contributed by atoms with van der Waals surface area (Å²) < 4.78 is 5.80. The minimum Gasteiger partial charge on any atom is -0.486 e. The Labute approximate surface area is 113 Å². The maximum Gasteiger partial charge on any atom is 0.145 e. The molecule has 2 aromatic rings. The molecule has 0 fully saturated rings. The second-order valence-corrected chi connectivity index (χ2v) is 4.54. The van der Waals surface area contributed by atoms with Crippen molar-refractivity contribution in [2.75, 3.05) is 5.73 Å². The molecule has 0 aromatic heterocycles. The van der Waals surface area contributed by atoms with Crippen molar-refractivity contribution < 1.29 is 4.74 Å². The van der Waals surface area contributed by atoms with Gasteiger partial charge in [0, 0.05) is 0 Å². The molecule has 0 bridgehead atoms. The fraction of sp³-hybridized carbons (Fsp3) is 0.188. The molecular weight excluding hydrogens is 236 g/mol. The van der Waals surface area contributed by atoms with Crippen LogP contribution in [0.15, 0.2) is 36.4 Å². The van der Waals surface area contributed by atoms with E-state index in [1.807, 2.05) is 44.2 Å². The third kappa shape index (κ3) is 2.86. The van der Waals surface area contributed by atoms with E-state index in [4.69, 9.17) is 15.7 Å². The molecule has 2 aromatic carbocycles. The number of ether oxygens (including phenoxy) is 1. The van der Waals surface area contributed by atoms with Crippen molar-refractivity contribution in [3.8, 4) is 11.8 Å². The number of hydrogen-bond acceptors (Lipinski definition) is 3. The van der Waals surface area contributed by atoms with Gasteiger partial charge in [-0.2, -0.15) is 5.26 Å². The first-order valence-electron chi connectivity index (χ1n) is 6.09. The number of nitrogens with two attached hydrogens (primary N) is 1. The maximum atomic E-state index is 8.84. The molecule has 96 valence electrons. The number of aryl methyl sites for hydroxylation is 2. The molecule has 2 N–H and O–H groups in total. The summed E-state index contributed by atoms with van der Waals surface area (Å²) in [6, 6.07) is 13.4. The maximum absolute atomic E-state index is 8.84. The standard InChI is InChI=1S/C16H16N2O/c1-11-4-3-5-15(18)16(11)19-10-14-7-6-13(9-17)8-12(14)2/h3-8H,10,18H2,1-2H3. The van der Waals surface area contributed by atoms with E-state index >= 15 is 0 Å². The molecule has 0 radical (unpaired) electrons. The van der Waals surface area contributed by atoms with E-state index < -0.39 is 0 Å². The van der Waals surface area contributed by atoms with Crippen molar-refractivity contribution in [2.45, 2.75) is 20.5 Å². The van der Waals surface area contributed by atoms with Gasteiger partial charge < -0.3 is 10.5 Å². The van der Waals surface area contributed by atoms with Crippen molar-refractivity contribution in [1.29, 1.82) is 5.26 Å². The van der Waals surface area contributed by atoms with Gasteiger partial charge in [-0.15, -0.1) is 0 Å². The van der Waals surface area contributed by atoms with Gasteiger partial charge in [0.05, 0.1) is 17.3 Å². The molecule has 0 aliphatic carbocycles. The Hall–Kier alpha value is -2.47. The Morgan fingerprint density at radius 3 is 2.58 bits per heavy atom. The van der Waals surface area contributed by atoms with Crippen LogP contribution in [0.3, 0.4) is 0 Å². The normalized spacial score (nSPS) is 9.95. The molecule has 3 heteroatoms. The molecule has 0 saturated heterocycles. The molecule has 19 heavy (non-hydrogen) atoms. The highest BCUT2D eigenvalue weighted by molar-refractivity contribution is 5.56. The topological polar surface area (TPSA) is 59.0 Å². The molecular formula is C16H16N2O. The van der Waals surface area contributed by atoms with Crippen molar-refractivity contribution in [3.05, 3.63) is 58.7 Å². The van der Waals surface area contributed by atoms with Crippen molar-refractivity contribution in [3.63, 3.8) is 0 Å². The summed E-state index contributed by atoms with van der Waals surface area (Å²) in [6.45, 7) is 4.39. The summed E-state index contributed by atoms with van der Waals surface area (Å²) in [5, 5.41) is 8.84. The van der Waals surface area contributed by atoms with Crippen LogP contribution in [-0.4, -0.2) is 0 Å². The van der Waals surface area contributed by atoms with E-state index in [1.54, 1.807) is 6.07 Å². The number of para-hydroxylation sites is 1. The molecule has 0 amide bonds. The Morgan fingerprint density at radius 1 is 1.16 bits per heavy atom. The van der Waals surface area contributed by atoms with E-state index in [9.17, 15) is 0 Å². The molecule has 0 aliphatic rings. The minimum absolute atomic E-state index is 0.451. The number of benzene rings is 2. The smallest absolute Gasteiger partial charge is 0.145 e. The van der Waals surface area contributed by atoms with E-state index in [1.165, 1.54) is 0 Å². The number of nitrogens with zero attached hydrogens (tertiary/aromatic N) is 1. The third-order valence-corrected chi connectivity index (χ3v) is 3.09. The zero-order chi connectivity index (χ0) is 13.8. The van der Waals surface area contributed by atoms with Gasteiger partial charge in [-0.1, -0.05) is 18.2 Å². The van der Waals surface area contributed by atoms with Gasteiger partial charge in [-0.05, 0) is 48.7 Å². The fourth-order valence-electron chi connectivity index (χ4n) is 1.95. The average Bonchev–Trinajstić information content (AvgIpc) is 2.39. The Bertz CT molecular complexity index is 621. The Balaban J connectivity index is 2.17. The SMILES string of the molecule is Cc1cc(C#N)ccc1COc1c(C)cccc1N. The predicted octanol–water partition coefficient (Wildman–Crippen LogP) is 3.34. The number of nitrogen functional groups attached to an aromatic ring is 1. The summed E-state index contributed by atoms with van der Waals surface area (Å²) >= 11 is 0. The minimum atomic E-state index is 0.451. The van der Waals surface area contributed by atoms with Gasteiger partial charge >= 0.3 is 0 Å². The number of anilines is 1. The highest BCUT2D eigenvalue weighted by atomic mass is 16.5. The second-order valence-electron chi connectivity index (χ2n) is 4.54. The average molecular weight is 252 g/mol. The summed E-state index contributed by atoms with van der Waals surface area (Å²) in [4.78, 5) is 0. The van der Waals surface area contributed by atoms with Crippen LogP contribution >= 0.6 is 0 Å². The van der Waals surface area contributed by atoms with Crippen LogP contribution in [0, 0.1) is 25.2 Å².